The van der Waals surface area contributed by atoms with Crippen LogP contribution >= 0.6 is 0 Å². The van der Waals surface area contributed by atoms with Gasteiger partial charge in [0.25, 0.3) is 0 Å². The van der Waals surface area contributed by atoms with Gasteiger partial charge in [0.2, 0.25) is 0 Å². The summed E-state index contributed by atoms with van der Waals surface area (Å²) < 4.78 is 2.45. The number of benzene rings is 2. The number of para-hydroxylation sites is 1. The van der Waals surface area contributed by atoms with E-state index in [1.165, 1.54) is 38.9 Å². The molecular weight excluding hydrogens is 326 g/mol. The van der Waals surface area contributed by atoms with Crippen LogP contribution in [-0.4, -0.2) is 4.57 Å². The summed E-state index contributed by atoms with van der Waals surface area (Å²) in [7, 11) is 0. The second-order valence-electron chi connectivity index (χ2n) is 7.48. The zero-order valence-electron chi connectivity index (χ0n) is 16.4. The van der Waals surface area contributed by atoms with Crippen molar-refractivity contribution in [2.75, 3.05) is 0 Å². The summed E-state index contributed by atoms with van der Waals surface area (Å²) in [5.41, 5.74) is 8.05. The molecule has 1 heteroatoms. The van der Waals surface area contributed by atoms with Crippen molar-refractivity contribution in [2.24, 2.45) is 0 Å². The molecule has 3 aromatic rings. The van der Waals surface area contributed by atoms with Crippen LogP contribution in [0.5, 0.6) is 0 Å². The third-order valence-corrected chi connectivity index (χ3v) is 5.59. The Morgan fingerprint density at radius 2 is 1.89 bits per heavy atom. The molecule has 0 fully saturated rings. The van der Waals surface area contributed by atoms with Gasteiger partial charge in [0, 0.05) is 23.1 Å². The van der Waals surface area contributed by atoms with Crippen molar-refractivity contribution in [3.8, 4) is 0 Å². The number of hydrogen-bond donors (Lipinski definition) is 0. The third kappa shape index (κ3) is 3.30. The van der Waals surface area contributed by atoms with E-state index in [1.54, 1.807) is 0 Å². The van der Waals surface area contributed by atoms with Gasteiger partial charge in [0.1, 0.15) is 0 Å². The molecule has 0 spiro atoms. The molecule has 0 aliphatic heterocycles. The fourth-order valence-corrected chi connectivity index (χ4v) is 4.14. The van der Waals surface area contributed by atoms with Gasteiger partial charge in [-0.1, -0.05) is 79.3 Å². The largest absolute Gasteiger partial charge is 0.337 e. The summed E-state index contributed by atoms with van der Waals surface area (Å²) in [4.78, 5) is 0. The van der Waals surface area contributed by atoms with Crippen molar-refractivity contribution in [1.82, 2.24) is 4.57 Å². The Hall–Kier alpha value is -2.80. The Morgan fingerprint density at radius 1 is 1.11 bits per heavy atom. The van der Waals surface area contributed by atoms with Gasteiger partial charge in [-0.15, -0.1) is 0 Å². The number of rotatable bonds is 4. The molecule has 1 nitrogen and oxygen atoms in total. The predicted octanol–water partition coefficient (Wildman–Crippen LogP) is 7.13. The second-order valence-corrected chi connectivity index (χ2v) is 7.48. The normalized spacial score (nSPS) is 17.0. The molecule has 2 aromatic carbocycles. The number of hydrogen-bond acceptors (Lipinski definition) is 0. The topological polar surface area (TPSA) is 4.93 Å². The van der Waals surface area contributed by atoms with Crippen molar-refractivity contribution in [3.05, 3.63) is 95.2 Å². The summed E-state index contributed by atoms with van der Waals surface area (Å²) in [5, 5.41) is 1.41. The molecule has 1 heterocycles. The van der Waals surface area contributed by atoms with E-state index in [-0.39, 0.29) is 0 Å². The Morgan fingerprint density at radius 3 is 2.67 bits per heavy atom. The minimum absolute atomic E-state index is 0.582. The smallest absolute Gasteiger partial charge is 0.0491 e. The average Bonchev–Trinajstić information content (AvgIpc) is 3.01. The Kier molecular flexibility index (Phi) is 4.85. The molecule has 0 bridgehead atoms. The van der Waals surface area contributed by atoms with Crippen LogP contribution in [0.1, 0.15) is 48.6 Å². The molecule has 0 saturated carbocycles. The van der Waals surface area contributed by atoms with Crippen LogP contribution in [0.4, 0.5) is 0 Å². The van der Waals surface area contributed by atoms with Crippen LogP contribution in [0.25, 0.3) is 22.6 Å². The third-order valence-electron chi connectivity index (χ3n) is 5.59. The van der Waals surface area contributed by atoms with Gasteiger partial charge in [-0.05, 0) is 55.0 Å². The Balaban J connectivity index is 1.67. The molecule has 0 N–H and O–H groups in total. The van der Waals surface area contributed by atoms with Gasteiger partial charge in [-0.2, -0.15) is 0 Å². The zero-order chi connectivity index (χ0) is 18.8. The van der Waals surface area contributed by atoms with Crippen molar-refractivity contribution in [2.45, 2.75) is 39.7 Å². The number of aryl methyl sites for hydroxylation is 1. The maximum Gasteiger partial charge on any atom is 0.0491 e. The Labute approximate surface area is 162 Å². The van der Waals surface area contributed by atoms with E-state index < -0.39 is 0 Å². The average molecular weight is 354 g/mol. The fraction of sp³-hybridized carbons (Fsp3) is 0.231. The summed E-state index contributed by atoms with van der Waals surface area (Å²) in [6, 6.07) is 17.6. The first-order chi connectivity index (χ1) is 13.2. The first-order valence-corrected chi connectivity index (χ1v) is 9.86. The monoisotopic (exact) mass is 353 g/mol. The summed E-state index contributed by atoms with van der Waals surface area (Å²) in [6.45, 7) is 7.46. The predicted molar refractivity (Wildman–Crippen MR) is 118 cm³/mol. The van der Waals surface area contributed by atoms with Crippen molar-refractivity contribution in [1.29, 1.82) is 0 Å². The van der Waals surface area contributed by atoms with Crippen molar-refractivity contribution in [3.63, 3.8) is 0 Å². The number of fused-ring (bicyclic) bond motifs is 3. The highest BCUT2D eigenvalue weighted by atomic mass is 15.0. The van der Waals surface area contributed by atoms with Crippen molar-refractivity contribution < 1.29 is 0 Å². The first-order valence-electron chi connectivity index (χ1n) is 9.86. The second kappa shape index (κ2) is 7.44. The molecular formula is C26H27N. The maximum absolute atomic E-state index is 2.45. The highest BCUT2D eigenvalue weighted by Crippen LogP contribution is 2.37. The minimum Gasteiger partial charge on any atom is -0.337 e. The lowest BCUT2D eigenvalue weighted by Crippen LogP contribution is -2.03. The number of aromatic nitrogens is 1. The highest BCUT2D eigenvalue weighted by Gasteiger charge is 2.21. The van der Waals surface area contributed by atoms with Gasteiger partial charge in [-0.3, -0.25) is 0 Å². The van der Waals surface area contributed by atoms with Gasteiger partial charge in [-0.25, -0.2) is 0 Å². The number of allylic oxidation sites excluding steroid dienone is 5. The molecule has 136 valence electrons. The summed E-state index contributed by atoms with van der Waals surface area (Å²) in [5.74, 6) is 0.582. The van der Waals surface area contributed by atoms with Crippen LogP contribution in [0.2, 0.25) is 0 Å². The molecule has 0 saturated heterocycles. The van der Waals surface area contributed by atoms with E-state index in [9.17, 15) is 0 Å². The lowest BCUT2D eigenvalue weighted by Gasteiger charge is -2.16. The lowest BCUT2D eigenvalue weighted by molar-refractivity contribution is 0.754. The van der Waals surface area contributed by atoms with E-state index >= 15 is 0 Å². The van der Waals surface area contributed by atoms with E-state index in [1.807, 2.05) is 0 Å². The van der Waals surface area contributed by atoms with E-state index in [4.69, 9.17) is 0 Å². The lowest BCUT2D eigenvalue weighted by atomic mass is 9.91. The molecule has 1 atom stereocenters. The molecule has 1 aromatic heterocycles. The SMILES string of the molecule is C/C=C(\C=C/Cn1c2c(c3ccccc31)C(C)CC=C2)c1ccc(C)cc1. The van der Waals surface area contributed by atoms with Crippen LogP contribution < -0.4 is 0 Å². The Bertz CT molecular complexity index is 1040. The zero-order valence-corrected chi connectivity index (χ0v) is 16.4. The molecule has 4 rings (SSSR count). The molecule has 1 aliphatic carbocycles. The van der Waals surface area contributed by atoms with Gasteiger partial charge >= 0.3 is 0 Å². The standard InChI is InChI=1S/C26H27N/c1-4-21(22-16-14-19(2)15-17-22)10-8-18-27-24-12-6-5-11-23(24)26-20(3)9-7-13-25(26)27/h4-8,10-17,20H,9,18H2,1-3H3/b10-8-,21-4+. The van der Waals surface area contributed by atoms with Crippen LogP contribution in [0, 0.1) is 6.92 Å². The van der Waals surface area contributed by atoms with Gasteiger partial charge in [0.05, 0.1) is 0 Å². The highest BCUT2D eigenvalue weighted by molar-refractivity contribution is 5.89. The number of nitrogens with zero attached hydrogens (tertiary/aromatic N) is 1. The molecule has 0 amide bonds. The summed E-state index contributed by atoms with van der Waals surface area (Å²) >= 11 is 0. The molecule has 1 aliphatic rings. The van der Waals surface area contributed by atoms with Gasteiger partial charge in [0.15, 0.2) is 0 Å². The van der Waals surface area contributed by atoms with Crippen LogP contribution in [0.15, 0.2) is 72.8 Å². The molecule has 27 heavy (non-hydrogen) atoms. The van der Waals surface area contributed by atoms with E-state index in [0.29, 0.717) is 5.92 Å². The van der Waals surface area contributed by atoms with E-state index in [0.717, 1.165) is 13.0 Å². The summed E-state index contributed by atoms with van der Waals surface area (Å²) in [6.07, 6.45) is 12.5. The minimum atomic E-state index is 0.582. The first kappa shape index (κ1) is 17.6. The molecule has 0 radical (unpaired) electrons. The fourth-order valence-electron chi connectivity index (χ4n) is 4.14. The maximum atomic E-state index is 2.45. The van der Waals surface area contributed by atoms with Gasteiger partial charge < -0.3 is 4.57 Å². The van der Waals surface area contributed by atoms with E-state index in [2.05, 4.69) is 104 Å². The molecule has 1 unspecified atom stereocenters. The quantitative estimate of drug-likeness (QED) is 0.440. The van der Waals surface area contributed by atoms with Crippen LogP contribution in [0.3, 0.4) is 0 Å². The van der Waals surface area contributed by atoms with Crippen molar-refractivity contribution >= 4 is 22.6 Å². The van der Waals surface area contributed by atoms with Crippen LogP contribution in [-0.2, 0) is 6.54 Å².